The Morgan fingerprint density at radius 1 is 1.17 bits per heavy atom. The topological polar surface area (TPSA) is 56.7 Å². The lowest BCUT2D eigenvalue weighted by Crippen LogP contribution is -2.02. The molecule has 0 saturated heterocycles. The Balaban J connectivity index is 2.07. The summed E-state index contributed by atoms with van der Waals surface area (Å²) in [4.78, 5) is 4.26. The number of anilines is 1. The van der Waals surface area contributed by atoms with E-state index < -0.39 is 11.6 Å². The van der Waals surface area contributed by atoms with E-state index >= 15 is 0 Å². The highest BCUT2D eigenvalue weighted by molar-refractivity contribution is 5.75. The van der Waals surface area contributed by atoms with Gasteiger partial charge in [0.15, 0.2) is 5.82 Å². The summed E-state index contributed by atoms with van der Waals surface area (Å²) < 4.78 is 29.3. The molecule has 116 valence electrons. The van der Waals surface area contributed by atoms with Crippen molar-refractivity contribution >= 4 is 16.7 Å². The molecule has 0 fully saturated rings. The van der Waals surface area contributed by atoms with Gasteiger partial charge in [0.25, 0.3) is 0 Å². The van der Waals surface area contributed by atoms with Gasteiger partial charge in [-0.2, -0.15) is 5.10 Å². The summed E-state index contributed by atoms with van der Waals surface area (Å²) in [5.41, 5.74) is 7.06. The number of pyridine rings is 1. The molecule has 0 aliphatic carbocycles. The quantitative estimate of drug-likeness (QED) is 0.554. The minimum absolute atomic E-state index is 0.137. The van der Waals surface area contributed by atoms with E-state index in [-0.39, 0.29) is 17.3 Å². The molecule has 2 aromatic heterocycles. The maximum absolute atomic E-state index is 13.8. The molecule has 0 aliphatic rings. The Labute approximate surface area is 131 Å². The molecular formula is C17H14F2N4. The number of fused-ring (bicyclic) bond motifs is 1. The number of hydrogen-bond donors (Lipinski definition) is 1. The van der Waals surface area contributed by atoms with Crippen LogP contribution in [0.3, 0.4) is 0 Å². The van der Waals surface area contributed by atoms with E-state index in [0.717, 1.165) is 17.1 Å². The van der Waals surface area contributed by atoms with Gasteiger partial charge in [-0.05, 0) is 32.0 Å². The van der Waals surface area contributed by atoms with E-state index in [2.05, 4.69) is 21.9 Å². The molecule has 0 unspecified atom stereocenters. The number of nitrogens with two attached hydrogens (primary N) is 1. The monoisotopic (exact) mass is 312 g/mol. The smallest absolute Gasteiger partial charge is 0.164 e. The van der Waals surface area contributed by atoms with Crippen molar-refractivity contribution in [1.82, 2.24) is 14.8 Å². The molecule has 2 heterocycles. The minimum atomic E-state index is -0.848. The van der Waals surface area contributed by atoms with E-state index in [1.807, 2.05) is 18.5 Å². The molecular weight excluding hydrogens is 298 g/mol. The van der Waals surface area contributed by atoms with Gasteiger partial charge in [0.2, 0.25) is 0 Å². The molecule has 0 radical (unpaired) electrons. The zero-order valence-corrected chi connectivity index (χ0v) is 12.6. The van der Waals surface area contributed by atoms with Crippen LogP contribution in [0.1, 0.15) is 31.0 Å². The lowest BCUT2D eigenvalue weighted by molar-refractivity contribution is 0.551. The Bertz CT molecular complexity index is 948. The van der Waals surface area contributed by atoms with Gasteiger partial charge in [0.1, 0.15) is 11.3 Å². The van der Waals surface area contributed by atoms with Gasteiger partial charge >= 0.3 is 0 Å². The van der Waals surface area contributed by atoms with Crippen LogP contribution in [-0.2, 0) is 0 Å². The van der Waals surface area contributed by atoms with Gasteiger partial charge in [-0.1, -0.05) is 11.8 Å². The van der Waals surface area contributed by atoms with Crippen molar-refractivity contribution in [3.63, 3.8) is 0 Å². The van der Waals surface area contributed by atoms with Crippen LogP contribution >= 0.6 is 0 Å². The van der Waals surface area contributed by atoms with Crippen LogP contribution in [0.15, 0.2) is 30.6 Å². The average molecular weight is 312 g/mol. The minimum Gasteiger partial charge on any atom is -0.396 e. The molecule has 0 saturated carbocycles. The maximum atomic E-state index is 13.8. The van der Waals surface area contributed by atoms with Crippen LogP contribution < -0.4 is 5.73 Å². The molecule has 1 aromatic carbocycles. The summed E-state index contributed by atoms with van der Waals surface area (Å²) >= 11 is 0. The van der Waals surface area contributed by atoms with Crippen LogP contribution in [0, 0.1) is 23.5 Å². The summed E-state index contributed by atoms with van der Waals surface area (Å²) in [7, 11) is 0. The van der Waals surface area contributed by atoms with Gasteiger partial charge < -0.3 is 5.73 Å². The van der Waals surface area contributed by atoms with E-state index in [4.69, 9.17) is 5.73 Å². The molecule has 4 nitrogen and oxygen atoms in total. The number of halogens is 2. The molecule has 0 amide bonds. The van der Waals surface area contributed by atoms with Gasteiger partial charge in [-0.25, -0.2) is 8.78 Å². The van der Waals surface area contributed by atoms with Crippen molar-refractivity contribution in [3.8, 4) is 11.8 Å². The van der Waals surface area contributed by atoms with Crippen LogP contribution in [0.2, 0.25) is 0 Å². The first-order valence-corrected chi connectivity index (χ1v) is 7.06. The third-order valence-corrected chi connectivity index (χ3v) is 3.39. The van der Waals surface area contributed by atoms with Crippen LogP contribution in [0.25, 0.3) is 11.0 Å². The standard InChI is InChI=1S/C17H14F2N4/c1-10(2)23-16-7-11(8-21-15(16)9-22-23)3-4-12-13(18)5-6-14(20)17(12)19/h5-10H,20H2,1-2H3. The number of rotatable bonds is 1. The Hall–Kier alpha value is -2.94. The lowest BCUT2D eigenvalue weighted by atomic mass is 10.1. The molecule has 6 heteroatoms. The van der Waals surface area contributed by atoms with E-state index in [1.165, 1.54) is 6.07 Å². The molecule has 0 atom stereocenters. The third kappa shape index (κ3) is 2.73. The van der Waals surface area contributed by atoms with E-state index in [0.29, 0.717) is 5.56 Å². The number of benzene rings is 1. The number of hydrogen-bond acceptors (Lipinski definition) is 3. The molecule has 0 bridgehead atoms. The maximum Gasteiger partial charge on any atom is 0.164 e. The molecule has 0 spiro atoms. The molecule has 23 heavy (non-hydrogen) atoms. The van der Waals surface area contributed by atoms with Gasteiger partial charge in [0.05, 0.1) is 23.0 Å². The average Bonchev–Trinajstić information content (AvgIpc) is 2.94. The predicted octanol–water partition coefficient (Wildman–Crippen LogP) is 3.27. The fourth-order valence-corrected chi connectivity index (χ4v) is 2.22. The second kappa shape index (κ2) is 5.69. The second-order valence-electron chi connectivity index (χ2n) is 5.39. The molecule has 0 aliphatic heterocycles. The van der Waals surface area contributed by atoms with Gasteiger partial charge in [-0.15, -0.1) is 0 Å². The highest BCUT2D eigenvalue weighted by Gasteiger charge is 2.10. The van der Waals surface area contributed by atoms with Crippen molar-refractivity contribution in [2.75, 3.05) is 5.73 Å². The first-order chi connectivity index (χ1) is 11.0. The Kier molecular flexibility index (Phi) is 3.70. The SMILES string of the molecule is CC(C)n1ncc2ncc(C#Cc3c(F)ccc(N)c3F)cc21. The van der Waals surface area contributed by atoms with E-state index in [9.17, 15) is 8.78 Å². The van der Waals surface area contributed by atoms with Gasteiger partial charge in [0, 0.05) is 17.8 Å². The van der Waals surface area contributed by atoms with Crippen molar-refractivity contribution in [2.24, 2.45) is 0 Å². The highest BCUT2D eigenvalue weighted by Crippen LogP contribution is 2.19. The molecule has 3 rings (SSSR count). The predicted molar refractivity (Wildman–Crippen MR) is 84.7 cm³/mol. The Morgan fingerprint density at radius 3 is 2.70 bits per heavy atom. The van der Waals surface area contributed by atoms with Crippen molar-refractivity contribution in [1.29, 1.82) is 0 Å². The number of nitrogen functional groups attached to an aromatic ring is 1. The number of aromatic nitrogens is 3. The van der Waals surface area contributed by atoms with E-state index in [1.54, 1.807) is 18.5 Å². The molecule has 2 N–H and O–H groups in total. The summed E-state index contributed by atoms with van der Waals surface area (Å²) in [6.45, 7) is 4.00. The van der Waals surface area contributed by atoms with Crippen molar-refractivity contribution < 1.29 is 8.78 Å². The van der Waals surface area contributed by atoms with Gasteiger partial charge in [-0.3, -0.25) is 9.67 Å². The van der Waals surface area contributed by atoms with Crippen molar-refractivity contribution in [2.45, 2.75) is 19.9 Å². The number of nitrogens with zero attached hydrogens (tertiary/aromatic N) is 3. The highest BCUT2D eigenvalue weighted by atomic mass is 19.1. The summed E-state index contributed by atoms with van der Waals surface area (Å²) in [5.74, 6) is 3.63. The first kappa shape index (κ1) is 15.0. The summed E-state index contributed by atoms with van der Waals surface area (Å²) in [6, 6.07) is 4.23. The fraction of sp³-hybridized carbons (Fsp3) is 0.176. The fourth-order valence-electron chi connectivity index (χ4n) is 2.22. The summed E-state index contributed by atoms with van der Waals surface area (Å²) in [5, 5.41) is 4.26. The normalized spacial score (nSPS) is 10.8. The largest absolute Gasteiger partial charge is 0.396 e. The third-order valence-electron chi connectivity index (χ3n) is 3.39. The Morgan fingerprint density at radius 2 is 1.96 bits per heavy atom. The van der Waals surface area contributed by atoms with Crippen LogP contribution in [0.4, 0.5) is 14.5 Å². The zero-order valence-electron chi connectivity index (χ0n) is 12.6. The van der Waals surface area contributed by atoms with Crippen LogP contribution in [0.5, 0.6) is 0 Å². The first-order valence-electron chi connectivity index (χ1n) is 7.06. The summed E-state index contributed by atoms with van der Waals surface area (Å²) in [6.07, 6.45) is 3.22. The molecule has 3 aromatic rings. The second-order valence-corrected chi connectivity index (χ2v) is 5.39. The van der Waals surface area contributed by atoms with Crippen molar-refractivity contribution in [3.05, 3.63) is 53.4 Å². The van der Waals surface area contributed by atoms with Crippen LogP contribution in [-0.4, -0.2) is 14.8 Å². The lowest BCUT2D eigenvalue weighted by Gasteiger charge is -2.06. The zero-order chi connectivity index (χ0) is 16.6.